The minimum Gasteiger partial charge on any atom is -0.323 e. The maximum absolute atomic E-state index is 12.3. The van der Waals surface area contributed by atoms with Crippen LogP contribution in [0.15, 0.2) is 54.6 Å². The number of nitrogens with one attached hydrogen (secondary N) is 1. The molecule has 0 unspecified atom stereocenters. The van der Waals surface area contributed by atoms with Gasteiger partial charge in [0.1, 0.15) is 0 Å². The van der Waals surface area contributed by atoms with Crippen molar-refractivity contribution >= 4 is 11.7 Å². The van der Waals surface area contributed by atoms with Crippen molar-refractivity contribution in [1.29, 1.82) is 0 Å². The number of amides is 2. The van der Waals surface area contributed by atoms with E-state index in [0.29, 0.717) is 18.1 Å². The second-order valence-corrected chi connectivity index (χ2v) is 5.46. The number of carbonyl (C=O) groups is 1. The standard InChI is InChI=1S/C17H18N6O/c1-13-19-20-21-23(13)16-10-6-9-15(11-16)18-17(24)22(2)12-14-7-4-3-5-8-14/h3-11H,12H2,1-2H3,(H,18,24). The molecule has 0 saturated carbocycles. The summed E-state index contributed by atoms with van der Waals surface area (Å²) in [6, 6.07) is 17.1. The van der Waals surface area contributed by atoms with Crippen molar-refractivity contribution in [2.24, 2.45) is 0 Å². The summed E-state index contributed by atoms with van der Waals surface area (Å²) in [6.07, 6.45) is 0. The molecule has 1 heterocycles. The van der Waals surface area contributed by atoms with Crippen LogP contribution < -0.4 is 5.32 Å². The molecule has 2 aromatic carbocycles. The molecule has 0 spiro atoms. The van der Waals surface area contributed by atoms with E-state index in [9.17, 15) is 4.79 Å². The zero-order valence-electron chi connectivity index (χ0n) is 13.5. The molecule has 0 aliphatic rings. The topological polar surface area (TPSA) is 75.9 Å². The third kappa shape index (κ3) is 3.57. The average Bonchev–Trinajstić information content (AvgIpc) is 3.02. The Morgan fingerprint density at radius 3 is 2.67 bits per heavy atom. The van der Waals surface area contributed by atoms with Crippen LogP contribution in [0, 0.1) is 6.92 Å². The third-order valence-electron chi connectivity index (χ3n) is 3.58. The predicted molar refractivity (Wildman–Crippen MR) is 90.8 cm³/mol. The summed E-state index contributed by atoms with van der Waals surface area (Å²) in [5.74, 6) is 0.680. The molecule has 1 N–H and O–H groups in total. The minimum absolute atomic E-state index is 0.176. The Labute approximate surface area is 139 Å². The number of rotatable bonds is 4. The quantitative estimate of drug-likeness (QED) is 0.801. The molecule has 0 saturated heterocycles. The summed E-state index contributed by atoms with van der Waals surface area (Å²) >= 11 is 0. The van der Waals surface area contributed by atoms with Crippen LogP contribution in [0.2, 0.25) is 0 Å². The number of hydrogen-bond acceptors (Lipinski definition) is 4. The first-order valence-corrected chi connectivity index (χ1v) is 7.55. The normalized spacial score (nSPS) is 10.4. The predicted octanol–water partition coefficient (Wildman–Crippen LogP) is 2.63. The fourth-order valence-corrected chi connectivity index (χ4v) is 2.33. The number of tetrazole rings is 1. The fraction of sp³-hybridized carbons (Fsp3) is 0.176. The van der Waals surface area contributed by atoms with Crippen LogP contribution in [-0.2, 0) is 6.54 Å². The van der Waals surface area contributed by atoms with Crippen LogP contribution in [0.5, 0.6) is 0 Å². The van der Waals surface area contributed by atoms with Crippen LogP contribution in [0.25, 0.3) is 5.69 Å². The van der Waals surface area contributed by atoms with Crippen molar-refractivity contribution in [3.05, 3.63) is 66.0 Å². The summed E-state index contributed by atoms with van der Waals surface area (Å²) in [6.45, 7) is 2.36. The first kappa shape index (κ1) is 15.7. The Morgan fingerprint density at radius 2 is 1.96 bits per heavy atom. The van der Waals surface area contributed by atoms with Gasteiger partial charge in [0.15, 0.2) is 5.82 Å². The Kier molecular flexibility index (Phi) is 4.51. The van der Waals surface area contributed by atoms with Crippen LogP contribution in [0.4, 0.5) is 10.5 Å². The van der Waals surface area contributed by atoms with Gasteiger partial charge in [-0.15, -0.1) is 5.10 Å². The molecule has 2 amide bonds. The van der Waals surface area contributed by atoms with E-state index in [1.165, 1.54) is 0 Å². The lowest BCUT2D eigenvalue weighted by Crippen LogP contribution is -2.30. The molecule has 1 aromatic heterocycles. The molecule has 3 aromatic rings. The number of nitrogens with zero attached hydrogens (tertiary/aromatic N) is 5. The van der Waals surface area contributed by atoms with E-state index in [4.69, 9.17) is 0 Å². The molecular weight excluding hydrogens is 304 g/mol. The number of benzene rings is 2. The van der Waals surface area contributed by atoms with Crippen LogP contribution in [0.3, 0.4) is 0 Å². The number of aryl methyl sites for hydroxylation is 1. The van der Waals surface area contributed by atoms with Gasteiger partial charge in [-0.2, -0.15) is 4.68 Å². The highest BCUT2D eigenvalue weighted by Gasteiger charge is 2.10. The van der Waals surface area contributed by atoms with E-state index in [2.05, 4.69) is 20.8 Å². The number of anilines is 1. The molecule has 24 heavy (non-hydrogen) atoms. The second-order valence-electron chi connectivity index (χ2n) is 5.46. The molecule has 0 bridgehead atoms. The Bertz CT molecular complexity index is 830. The summed E-state index contributed by atoms with van der Waals surface area (Å²) < 4.78 is 1.61. The smallest absolute Gasteiger partial charge is 0.321 e. The van der Waals surface area contributed by atoms with Gasteiger partial charge in [-0.1, -0.05) is 36.4 Å². The highest BCUT2D eigenvalue weighted by atomic mass is 16.2. The first-order chi connectivity index (χ1) is 11.6. The average molecular weight is 322 g/mol. The van der Waals surface area contributed by atoms with Crippen molar-refractivity contribution in [1.82, 2.24) is 25.1 Å². The molecule has 7 nitrogen and oxygen atoms in total. The van der Waals surface area contributed by atoms with Gasteiger partial charge in [0.2, 0.25) is 0 Å². The van der Waals surface area contributed by atoms with E-state index in [1.807, 2.05) is 61.5 Å². The molecule has 0 aliphatic carbocycles. The first-order valence-electron chi connectivity index (χ1n) is 7.55. The molecule has 0 radical (unpaired) electrons. The summed E-state index contributed by atoms with van der Waals surface area (Å²) in [5.41, 5.74) is 2.56. The van der Waals surface area contributed by atoms with Crippen molar-refractivity contribution in [3.8, 4) is 5.69 Å². The van der Waals surface area contributed by atoms with Crippen LogP contribution in [-0.4, -0.2) is 38.2 Å². The van der Waals surface area contributed by atoms with Gasteiger partial charge in [-0.05, 0) is 41.1 Å². The fourth-order valence-electron chi connectivity index (χ4n) is 2.33. The van der Waals surface area contributed by atoms with Crippen molar-refractivity contribution in [2.45, 2.75) is 13.5 Å². The summed E-state index contributed by atoms with van der Waals surface area (Å²) in [5, 5.41) is 14.3. The van der Waals surface area contributed by atoms with Crippen molar-refractivity contribution < 1.29 is 4.79 Å². The molecule has 122 valence electrons. The highest BCUT2D eigenvalue weighted by molar-refractivity contribution is 5.89. The lowest BCUT2D eigenvalue weighted by molar-refractivity contribution is 0.220. The molecular formula is C17H18N6O. The van der Waals surface area contributed by atoms with Crippen molar-refractivity contribution in [2.75, 3.05) is 12.4 Å². The van der Waals surface area contributed by atoms with E-state index in [1.54, 1.807) is 16.6 Å². The zero-order valence-corrected chi connectivity index (χ0v) is 13.5. The summed E-state index contributed by atoms with van der Waals surface area (Å²) in [7, 11) is 1.76. The SMILES string of the molecule is Cc1nnnn1-c1cccc(NC(=O)N(C)Cc2ccccc2)c1. The number of carbonyl (C=O) groups excluding carboxylic acids is 1. The van der Waals surface area contributed by atoms with Gasteiger partial charge in [-0.3, -0.25) is 0 Å². The van der Waals surface area contributed by atoms with E-state index in [-0.39, 0.29) is 6.03 Å². The van der Waals surface area contributed by atoms with E-state index in [0.717, 1.165) is 11.3 Å². The maximum atomic E-state index is 12.3. The second kappa shape index (κ2) is 6.91. The van der Waals surface area contributed by atoms with Crippen molar-refractivity contribution in [3.63, 3.8) is 0 Å². The van der Waals surface area contributed by atoms with Gasteiger partial charge in [0.25, 0.3) is 0 Å². The molecule has 0 aliphatic heterocycles. The lowest BCUT2D eigenvalue weighted by Gasteiger charge is -2.18. The molecule has 0 atom stereocenters. The van der Waals surface area contributed by atoms with Gasteiger partial charge in [-0.25, -0.2) is 4.79 Å². The van der Waals surface area contributed by atoms with Gasteiger partial charge in [0.05, 0.1) is 5.69 Å². The molecule has 0 fully saturated rings. The number of hydrogen-bond donors (Lipinski definition) is 1. The number of aromatic nitrogens is 4. The third-order valence-corrected chi connectivity index (χ3v) is 3.58. The lowest BCUT2D eigenvalue weighted by atomic mass is 10.2. The van der Waals surface area contributed by atoms with E-state index < -0.39 is 0 Å². The summed E-state index contributed by atoms with van der Waals surface area (Å²) in [4.78, 5) is 14.0. The minimum atomic E-state index is -0.176. The highest BCUT2D eigenvalue weighted by Crippen LogP contribution is 2.15. The molecule has 7 heteroatoms. The Balaban J connectivity index is 1.69. The van der Waals surface area contributed by atoms with E-state index >= 15 is 0 Å². The largest absolute Gasteiger partial charge is 0.323 e. The van der Waals surface area contributed by atoms with Crippen LogP contribution in [0.1, 0.15) is 11.4 Å². The van der Waals surface area contributed by atoms with Crippen LogP contribution >= 0.6 is 0 Å². The molecule has 3 rings (SSSR count). The van der Waals surface area contributed by atoms with Gasteiger partial charge >= 0.3 is 6.03 Å². The Morgan fingerprint density at radius 1 is 1.17 bits per heavy atom. The monoisotopic (exact) mass is 322 g/mol. The zero-order chi connectivity index (χ0) is 16.9. The maximum Gasteiger partial charge on any atom is 0.321 e. The van der Waals surface area contributed by atoms with Gasteiger partial charge in [0, 0.05) is 19.3 Å². The van der Waals surface area contributed by atoms with Gasteiger partial charge < -0.3 is 10.2 Å². The Hall–Kier alpha value is -3.22. The number of urea groups is 1.